The number of anilines is 2. The number of nitrogens with one attached hydrogen (secondary N) is 2. The van der Waals surface area contributed by atoms with Crippen LogP contribution >= 0.6 is 0 Å². The molecule has 0 atom stereocenters. The van der Waals surface area contributed by atoms with Gasteiger partial charge in [-0.25, -0.2) is 0 Å². The minimum Gasteiger partial charge on any atom is -0.399 e. The van der Waals surface area contributed by atoms with Crippen molar-refractivity contribution >= 4 is 23.2 Å². The average Bonchev–Trinajstić information content (AvgIpc) is 3.21. The summed E-state index contributed by atoms with van der Waals surface area (Å²) in [5.41, 5.74) is 9.37. The molecule has 0 bridgehead atoms. The van der Waals surface area contributed by atoms with Crippen molar-refractivity contribution in [3.63, 3.8) is 0 Å². The van der Waals surface area contributed by atoms with E-state index in [-0.39, 0.29) is 17.7 Å². The maximum atomic E-state index is 12.2. The van der Waals surface area contributed by atoms with Gasteiger partial charge >= 0.3 is 0 Å². The minimum atomic E-state index is -0.0151. The fourth-order valence-electron chi connectivity index (χ4n) is 3.49. The molecule has 0 aromatic heterocycles. The Balaban J connectivity index is 1.47. The maximum absolute atomic E-state index is 12.2. The van der Waals surface area contributed by atoms with Gasteiger partial charge in [0.2, 0.25) is 11.8 Å². The number of carbonyl (C=O) groups is 2. The van der Waals surface area contributed by atoms with E-state index in [1.165, 1.54) is 0 Å². The molecule has 1 fully saturated rings. The number of nitrogens with two attached hydrogens (primary N) is 1. The lowest BCUT2D eigenvalue weighted by Gasteiger charge is -2.12. The third kappa shape index (κ3) is 5.58. The zero-order valence-corrected chi connectivity index (χ0v) is 15.5. The van der Waals surface area contributed by atoms with E-state index in [9.17, 15) is 9.59 Å². The standard InChI is InChI=1S/C22H27N3O2/c23-20-11-4-3-7-17(20)12-13-21(26)24-15-16-6-5-10-19(14-16)25-22(27)18-8-1-2-9-18/h3-7,10-11,14,18H,1-2,8-9,12-13,15,23H2,(H,24,26)(H,25,27). The summed E-state index contributed by atoms with van der Waals surface area (Å²) < 4.78 is 0. The van der Waals surface area contributed by atoms with Gasteiger partial charge in [0, 0.05) is 30.3 Å². The molecule has 1 aliphatic carbocycles. The second-order valence-electron chi connectivity index (χ2n) is 7.15. The Morgan fingerprint density at radius 3 is 2.59 bits per heavy atom. The first kappa shape index (κ1) is 19.0. The lowest BCUT2D eigenvalue weighted by molar-refractivity contribution is -0.121. The van der Waals surface area contributed by atoms with Gasteiger partial charge in [-0.3, -0.25) is 9.59 Å². The van der Waals surface area contributed by atoms with Crippen molar-refractivity contribution < 1.29 is 9.59 Å². The molecule has 0 saturated heterocycles. The van der Waals surface area contributed by atoms with Crippen molar-refractivity contribution in [2.45, 2.75) is 45.1 Å². The van der Waals surface area contributed by atoms with Gasteiger partial charge in [0.25, 0.3) is 0 Å². The molecular weight excluding hydrogens is 338 g/mol. The molecule has 0 radical (unpaired) electrons. The molecule has 2 amide bonds. The highest BCUT2D eigenvalue weighted by Gasteiger charge is 2.22. The molecule has 142 valence electrons. The van der Waals surface area contributed by atoms with Gasteiger partial charge in [0.15, 0.2) is 0 Å². The summed E-state index contributed by atoms with van der Waals surface area (Å²) >= 11 is 0. The van der Waals surface area contributed by atoms with Gasteiger partial charge in [-0.05, 0) is 48.6 Å². The van der Waals surface area contributed by atoms with Gasteiger partial charge in [-0.1, -0.05) is 43.2 Å². The number of benzene rings is 2. The van der Waals surface area contributed by atoms with Crippen molar-refractivity contribution in [2.24, 2.45) is 5.92 Å². The van der Waals surface area contributed by atoms with Crippen LogP contribution in [-0.2, 0) is 22.6 Å². The highest BCUT2D eigenvalue weighted by atomic mass is 16.2. The van der Waals surface area contributed by atoms with Crippen molar-refractivity contribution in [1.29, 1.82) is 0 Å². The van der Waals surface area contributed by atoms with E-state index in [1.807, 2.05) is 48.5 Å². The van der Waals surface area contributed by atoms with Crippen LogP contribution in [0.3, 0.4) is 0 Å². The highest BCUT2D eigenvalue weighted by Crippen LogP contribution is 2.26. The van der Waals surface area contributed by atoms with Crippen LogP contribution in [0.5, 0.6) is 0 Å². The zero-order chi connectivity index (χ0) is 19.1. The van der Waals surface area contributed by atoms with Crippen LogP contribution in [0.1, 0.15) is 43.2 Å². The highest BCUT2D eigenvalue weighted by molar-refractivity contribution is 5.92. The molecule has 5 heteroatoms. The van der Waals surface area contributed by atoms with Crippen LogP contribution in [-0.4, -0.2) is 11.8 Å². The molecule has 0 spiro atoms. The summed E-state index contributed by atoms with van der Waals surface area (Å²) in [6.07, 6.45) is 5.25. The smallest absolute Gasteiger partial charge is 0.227 e. The van der Waals surface area contributed by atoms with Crippen LogP contribution in [0.4, 0.5) is 11.4 Å². The van der Waals surface area contributed by atoms with Crippen LogP contribution in [0.2, 0.25) is 0 Å². The van der Waals surface area contributed by atoms with Crippen LogP contribution in [0, 0.1) is 5.92 Å². The summed E-state index contributed by atoms with van der Waals surface area (Å²) in [6.45, 7) is 0.441. The molecule has 2 aromatic carbocycles. The monoisotopic (exact) mass is 365 g/mol. The lowest BCUT2D eigenvalue weighted by Crippen LogP contribution is -2.23. The Morgan fingerprint density at radius 2 is 1.81 bits per heavy atom. The SMILES string of the molecule is Nc1ccccc1CCC(=O)NCc1cccc(NC(=O)C2CCCC2)c1. The predicted molar refractivity (Wildman–Crippen MR) is 108 cm³/mol. The minimum absolute atomic E-state index is 0.0151. The Morgan fingerprint density at radius 1 is 1.04 bits per heavy atom. The summed E-state index contributed by atoms with van der Waals surface area (Å²) in [7, 11) is 0. The molecule has 3 rings (SSSR count). The second kappa shape index (κ2) is 9.21. The summed E-state index contributed by atoms with van der Waals surface area (Å²) in [6, 6.07) is 15.2. The first-order chi connectivity index (χ1) is 13.1. The fourth-order valence-corrected chi connectivity index (χ4v) is 3.49. The topological polar surface area (TPSA) is 84.2 Å². The molecule has 1 aliphatic rings. The number of para-hydroxylation sites is 1. The Labute approximate surface area is 160 Å². The third-order valence-electron chi connectivity index (χ3n) is 5.09. The molecule has 4 N–H and O–H groups in total. The number of amides is 2. The fraction of sp³-hybridized carbons (Fsp3) is 0.364. The van der Waals surface area contributed by atoms with Gasteiger partial charge in [-0.15, -0.1) is 0 Å². The first-order valence-electron chi connectivity index (χ1n) is 9.62. The number of hydrogen-bond donors (Lipinski definition) is 3. The van der Waals surface area contributed by atoms with E-state index < -0.39 is 0 Å². The number of aryl methyl sites for hydroxylation is 1. The average molecular weight is 365 g/mol. The van der Waals surface area contributed by atoms with E-state index in [0.29, 0.717) is 19.4 Å². The maximum Gasteiger partial charge on any atom is 0.227 e. The molecule has 0 heterocycles. The van der Waals surface area contributed by atoms with Gasteiger partial charge in [0.05, 0.1) is 0 Å². The third-order valence-corrected chi connectivity index (χ3v) is 5.09. The van der Waals surface area contributed by atoms with E-state index in [2.05, 4.69) is 10.6 Å². The molecule has 1 saturated carbocycles. The summed E-state index contributed by atoms with van der Waals surface area (Å²) in [5, 5.41) is 5.93. The second-order valence-corrected chi connectivity index (χ2v) is 7.15. The zero-order valence-electron chi connectivity index (χ0n) is 15.5. The molecule has 0 unspecified atom stereocenters. The van der Waals surface area contributed by atoms with Crippen molar-refractivity contribution in [3.05, 3.63) is 59.7 Å². The van der Waals surface area contributed by atoms with Crippen LogP contribution < -0.4 is 16.4 Å². The van der Waals surface area contributed by atoms with Crippen molar-refractivity contribution in [2.75, 3.05) is 11.1 Å². The first-order valence-corrected chi connectivity index (χ1v) is 9.62. The van der Waals surface area contributed by atoms with Gasteiger partial charge in [0.1, 0.15) is 0 Å². The van der Waals surface area contributed by atoms with Crippen LogP contribution in [0.25, 0.3) is 0 Å². The van der Waals surface area contributed by atoms with Gasteiger partial charge in [-0.2, -0.15) is 0 Å². The number of nitrogen functional groups attached to an aromatic ring is 1. The Bertz CT molecular complexity index is 798. The lowest BCUT2D eigenvalue weighted by atomic mass is 10.1. The number of carbonyl (C=O) groups excluding carboxylic acids is 2. The molecule has 0 aliphatic heterocycles. The molecular formula is C22H27N3O2. The molecule has 5 nitrogen and oxygen atoms in total. The van der Waals surface area contributed by atoms with Gasteiger partial charge < -0.3 is 16.4 Å². The summed E-state index contributed by atoms with van der Waals surface area (Å²) in [4.78, 5) is 24.4. The molecule has 27 heavy (non-hydrogen) atoms. The summed E-state index contributed by atoms with van der Waals surface area (Å²) in [5.74, 6) is 0.228. The van der Waals surface area contributed by atoms with Crippen LogP contribution in [0.15, 0.2) is 48.5 Å². The Hall–Kier alpha value is -2.82. The predicted octanol–water partition coefficient (Wildman–Crippen LogP) is 3.65. The Kier molecular flexibility index (Phi) is 6.47. The normalized spacial score (nSPS) is 14.1. The quantitative estimate of drug-likeness (QED) is 0.655. The number of hydrogen-bond acceptors (Lipinski definition) is 3. The van der Waals surface area contributed by atoms with Crippen molar-refractivity contribution in [3.8, 4) is 0 Å². The van der Waals surface area contributed by atoms with E-state index in [0.717, 1.165) is 48.2 Å². The number of rotatable bonds is 7. The molecule has 2 aromatic rings. The largest absolute Gasteiger partial charge is 0.399 e. The van der Waals surface area contributed by atoms with E-state index >= 15 is 0 Å². The van der Waals surface area contributed by atoms with E-state index in [1.54, 1.807) is 0 Å². The van der Waals surface area contributed by atoms with Crippen molar-refractivity contribution in [1.82, 2.24) is 5.32 Å². The van der Waals surface area contributed by atoms with E-state index in [4.69, 9.17) is 5.73 Å².